The van der Waals surface area contributed by atoms with Crippen LogP contribution in [0.1, 0.15) is 44.3 Å². The molecule has 0 aliphatic carbocycles. The molecular formula is C10H16BrNS. The van der Waals surface area contributed by atoms with Gasteiger partial charge in [0.2, 0.25) is 0 Å². The minimum absolute atomic E-state index is 0.156. The van der Waals surface area contributed by atoms with Gasteiger partial charge < -0.3 is 0 Å². The number of nitrogens with zero attached hydrogens (tertiary/aromatic N) is 1. The zero-order chi connectivity index (χ0) is 10.1. The van der Waals surface area contributed by atoms with Gasteiger partial charge in [-0.1, -0.05) is 43.6 Å². The first-order valence-corrected chi connectivity index (χ1v) is 6.49. The van der Waals surface area contributed by atoms with Crippen LogP contribution in [-0.4, -0.2) is 10.3 Å². The lowest BCUT2D eigenvalue weighted by molar-refractivity contribution is 0.584. The molecule has 0 amide bonds. The lowest BCUT2D eigenvalue weighted by Gasteiger charge is -2.18. The number of rotatable bonds is 3. The standard InChI is InChI=1S/C10H16BrNS/c1-7(2)9-12-8(5-13-9)10(3,4)6-11/h5,7H,6H2,1-4H3. The van der Waals surface area contributed by atoms with Crippen molar-refractivity contribution >= 4 is 27.3 Å². The molecule has 0 saturated carbocycles. The van der Waals surface area contributed by atoms with Gasteiger partial charge in [0.15, 0.2) is 0 Å². The average molecular weight is 262 g/mol. The quantitative estimate of drug-likeness (QED) is 0.752. The molecule has 13 heavy (non-hydrogen) atoms. The highest BCUT2D eigenvalue weighted by molar-refractivity contribution is 9.09. The summed E-state index contributed by atoms with van der Waals surface area (Å²) in [5.41, 5.74) is 1.36. The summed E-state index contributed by atoms with van der Waals surface area (Å²) in [6.07, 6.45) is 0. The molecule has 0 bridgehead atoms. The fourth-order valence-corrected chi connectivity index (χ4v) is 2.25. The largest absolute Gasteiger partial charge is 0.245 e. The van der Waals surface area contributed by atoms with Crippen LogP contribution in [0.3, 0.4) is 0 Å². The summed E-state index contributed by atoms with van der Waals surface area (Å²) in [7, 11) is 0. The highest BCUT2D eigenvalue weighted by Gasteiger charge is 2.22. The molecule has 0 aromatic carbocycles. The van der Waals surface area contributed by atoms with Crippen molar-refractivity contribution in [3.05, 3.63) is 16.1 Å². The van der Waals surface area contributed by atoms with Crippen LogP contribution < -0.4 is 0 Å². The average Bonchev–Trinajstić information content (AvgIpc) is 2.52. The van der Waals surface area contributed by atoms with E-state index in [1.165, 1.54) is 10.7 Å². The second-order valence-electron chi connectivity index (χ2n) is 4.24. The van der Waals surface area contributed by atoms with Gasteiger partial charge in [-0.2, -0.15) is 0 Å². The van der Waals surface area contributed by atoms with Crippen molar-refractivity contribution in [2.75, 3.05) is 5.33 Å². The molecule has 0 radical (unpaired) electrons. The van der Waals surface area contributed by atoms with Gasteiger partial charge in [0.05, 0.1) is 10.7 Å². The van der Waals surface area contributed by atoms with E-state index in [2.05, 4.69) is 54.0 Å². The van der Waals surface area contributed by atoms with Crippen LogP contribution in [0.25, 0.3) is 0 Å². The Kier molecular flexibility index (Phi) is 3.52. The van der Waals surface area contributed by atoms with E-state index in [0.29, 0.717) is 5.92 Å². The van der Waals surface area contributed by atoms with Gasteiger partial charge in [-0.05, 0) is 0 Å². The third kappa shape index (κ3) is 2.53. The molecule has 1 aromatic heterocycles. The summed E-state index contributed by atoms with van der Waals surface area (Å²) in [5.74, 6) is 0.546. The Bertz CT molecular complexity index is 278. The van der Waals surface area contributed by atoms with Crippen molar-refractivity contribution in [2.24, 2.45) is 0 Å². The normalized spacial score (nSPS) is 12.5. The lowest BCUT2D eigenvalue weighted by Crippen LogP contribution is -2.19. The van der Waals surface area contributed by atoms with Gasteiger partial charge in [0.25, 0.3) is 0 Å². The Morgan fingerprint density at radius 2 is 2.15 bits per heavy atom. The predicted molar refractivity (Wildman–Crippen MR) is 63.0 cm³/mol. The SMILES string of the molecule is CC(C)c1nc(C(C)(C)CBr)cs1. The van der Waals surface area contributed by atoms with Crippen LogP contribution >= 0.6 is 27.3 Å². The van der Waals surface area contributed by atoms with Gasteiger partial charge in [-0.25, -0.2) is 4.98 Å². The molecule has 0 aliphatic rings. The first-order chi connectivity index (χ1) is 5.97. The van der Waals surface area contributed by atoms with E-state index in [1.807, 2.05) is 0 Å². The van der Waals surface area contributed by atoms with Crippen LogP contribution in [0.4, 0.5) is 0 Å². The van der Waals surface area contributed by atoms with Crippen LogP contribution in [0.5, 0.6) is 0 Å². The van der Waals surface area contributed by atoms with Crippen LogP contribution in [0.2, 0.25) is 0 Å². The van der Waals surface area contributed by atoms with E-state index in [9.17, 15) is 0 Å². The third-order valence-electron chi connectivity index (χ3n) is 2.04. The van der Waals surface area contributed by atoms with Crippen LogP contribution in [0.15, 0.2) is 5.38 Å². The highest BCUT2D eigenvalue weighted by atomic mass is 79.9. The Hall–Kier alpha value is 0.110. The summed E-state index contributed by atoms with van der Waals surface area (Å²) in [6.45, 7) is 8.79. The van der Waals surface area contributed by atoms with Gasteiger partial charge >= 0.3 is 0 Å². The topological polar surface area (TPSA) is 12.9 Å². The Balaban J connectivity index is 2.91. The van der Waals surface area contributed by atoms with E-state index in [4.69, 9.17) is 0 Å². The molecule has 0 fully saturated rings. The second kappa shape index (κ2) is 4.09. The molecule has 0 unspecified atom stereocenters. The van der Waals surface area contributed by atoms with Crippen LogP contribution in [0, 0.1) is 0 Å². The van der Waals surface area contributed by atoms with E-state index in [0.717, 1.165) is 5.33 Å². The summed E-state index contributed by atoms with van der Waals surface area (Å²) < 4.78 is 0. The number of alkyl halides is 1. The molecule has 1 rings (SSSR count). The molecule has 0 N–H and O–H groups in total. The molecule has 3 heteroatoms. The zero-order valence-corrected chi connectivity index (χ0v) is 11.0. The third-order valence-corrected chi connectivity index (χ3v) is 4.59. The summed E-state index contributed by atoms with van der Waals surface area (Å²) in [4.78, 5) is 4.64. The molecular weight excluding hydrogens is 246 g/mol. The number of thiazole rings is 1. The molecule has 1 nitrogen and oxygen atoms in total. The fraction of sp³-hybridized carbons (Fsp3) is 0.700. The van der Waals surface area contributed by atoms with Crippen molar-refractivity contribution in [1.82, 2.24) is 4.98 Å². The summed E-state index contributed by atoms with van der Waals surface area (Å²) >= 11 is 5.29. The Morgan fingerprint density at radius 3 is 2.54 bits per heavy atom. The van der Waals surface area contributed by atoms with Crippen LogP contribution in [-0.2, 0) is 5.41 Å². The molecule has 0 atom stereocenters. The Morgan fingerprint density at radius 1 is 1.54 bits per heavy atom. The fourth-order valence-electron chi connectivity index (χ4n) is 0.932. The van der Waals surface area contributed by atoms with Gasteiger partial charge in [0, 0.05) is 22.0 Å². The first kappa shape index (κ1) is 11.2. The summed E-state index contributed by atoms with van der Waals surface area (Å²) in [5, 5.41) is 4.38. The molecule has 1 aromatic rings. The molecule has 1 heterocycles. The number of halogens is 1. The van der Waals surface area contributed by atoms with E-state index < -0.39 is 0 Å². The predicted octanol–water partition coefficient (Wildman–Crippen LogP) is 3.94. The van der Waals surface area contributed by atoms with Gasteiger partial charge in [-0.3, -0.25) is 0 Å². The monoisotopic (exact) mass is 261 g/mol. The maximum Gasteiger partial charge on any atom is 0.0953 e. The number of aromatic nitrogens is 1. The minimum atomic E-state index is 0.156. The van der Waals surface area contributed by atoms with E-state index in [1.54, 1.807) is 11.3 Å². The molecule has 74 valence electrons. The molecule has 0 spiro atoms. The maximum absolute atomic E-state index is 4.64. The van der Waals surface area contributed by atoms with Crippen molar-refractivity contribution in [3.63, 3.8) is 0 Å². The van der Waals surface area contributed by atoms with Crippen molar-refractivity contribution in [3.8, 4) is 0 Å². The van der Waals surface area contributed by atoms with E-state index in [-0.39, 0.29) is 5.41 Å². The number of hydrogen-bond acceptors (Lipinski definition) is 2. The smallest absolute Gasteiger partial charge is 0.0953 e. The van der Waals surface area contributed by atoms with Crippen molar-refractivity contribution in [1.29, 1.82) is 0 Å². The lowest BCUT2D eigenvalue weighted by atomic mass is 9.93. The zero-order valence-electron chi connectivity index (χ0n) is 8.60. The summed E-state index contributed by atoms with van der Waals surface area (Å²) in [6, 6.07) is 0. The molecule has 0 aliphatic heterocycles. The molecule has 0 saturated heterocycles. The Labute approximate surface area is 92.7 Å². The van der Waals surface area contributed by atoms with Crippen molar-refractivity contribution in [2.45, 2.75) is 39.0 Å². The van der Waals surface area contributed by atoms with Crippen molar-refractivity contribution < 1.29 is 0 Å². The second-order valence-corrected chi connectivity index (χ2v) is 5.69. The maximum atomic E-state index is 4.64. The van der Waals surface area contributed by atoms with E-state index >= 15 is 0 Å². The van der Waals surface area contributed by atoms with Gasteiger partial charge in [-0.15, -0.1) is 11.3 Å². The first-order valence-electron chi connectivity index (χ1n) is 4.49. The van der Waals surface area contributed by atoms with Gasteiger partial charge in [0.1, 0.15) is 0 Å². The minimum Gasteiger partial charge on any atom is -0.245 e. The highest BCUT2D eigenvalue weighted by Crippen LogP contribution is 2.29. The number of hydrogen-bond donors (Lipinski definition) is 0.